The number of nitrogens with zero attached hydrogens (tertiary/aromatic N) is 1. The van der Waals surface area contributed by atoms with Crippen LogP contribution < -0.4 is 34.5 Å². The van der Waals surface area contributed by atoms with Crippen LogP contribution in [0.5, 0.6) is 23.0 Å². The van der Waals surface area contributed by atoms with Gasteiger partial charge in [0.25, 0.3) is 5.91 Å². The minimum absolute atomic E-state index is 0.0326. The number of rotatable bonds is 16. The Morgan fingerprint density at radius 1 is 0.955 bits per heavy atom. The highest BCUT2D eigenvalue weighted by Gasteiger charge is 2.29. The molecule has 5 rings (SSSR count). The Balaban J connectivity index is 1.19. The fourth-order valence-corrected chi connectivity index (χ4v) is 5.40. The fraction of sp³-hybridized carbons (Fsp3) is 0.441. The van der Waals surface area contributed by atoms with Gasteiger partial charge in [-0.2, -0.15) is 0 Å². The molecule has 0 radical (unpaired) electrons. The third-order valence-corrected chi connectivity index (χ3v) is 7.67. The van der Waals surface area contributed by atoms with Gasteiger partial charge in [-0.05, 0) is 42.3 Å². The quantitative estimate of drug-likeness (QED) is 0.234. The van der Waals surface area contributed by atoms with Gasteiger partial charge in [0.05, 0.1) is 38.7 Å². The van der Waals surface area contributed by atoms with Gasteiger partial charge in [-0.1, -0.05) is 30.3 Å². The van der Waals surface area contributed by atoms with Crippen LogP contribution in [0.25, 0.3) is 0 Å². The molecular weight excluding hydrogens is 562 g/mol. The summed E-state index contributed by atoms with van der Waals surface area (Å²) in [7, 11) is 3.33. The number of piperazine rings is 1. The Morgan fingerprint density at radius 3 is 2.59 bits per heavy atom. The first-order valence-electron chi connectivity index (χ1n) is 15.3. The average Bonchev–Trinajstić information content (AvgIpc) is 3.07. The number of nitrogens with one attached hydrogen (secondary N) is 2. The summed E-state index contributed by atoms with van der Waals surface area (Å²) in [5.41, 5.74) is 2.78. The Bertz CT molecular complexity index is 1330. The molecule has 0 saturated carbocycles. The number of carbonyl (C=O) groups is 1. The molecule has 2 aliphatic rings. The number of fused-ring (bicyclic) bond motifs is 1. The zero-order valence-electron chi connectivity index (χ0n) is 25.6. The molecule has 0 aliphatic carbocycles. The molecule has 1 amide bonds. The van der Waals surface area contributed by atoms with E-state index in [0.29, 0.717) is 44.5 Å². The first kappa shape index (κ1) is 31.6. The van der Waals surface area contributed by atoms with Crippen molar-refractivity contribution >= 4 is 11.6 Å². The molecule has 2 aliphatic heterocycles. The topological polar surface area (TPSA) is 99.8 Å². The summed E-state index contributed by atoms with van der Waals surface area (Å²) in [5.74, 6) is 2.91. The molecular formula is C34H43N3O7. The first-order chi connectivity index (χ1) is 21.7. The molecule has 2 N–H and O–H groups in total. The van der Waals surface area contributed by atoms with Gasteiger partial charge in [0.15, 0.2) is 6.61 Å². The molecule has 0 spiro atoms. The van der Waals surface area contributed by atoms with Gasteiger partial charge in [-0.3, -0.25) is 4.79 Å². The maximum Gasteiger partial charge on any atom is 0.265 e. The van der Waals surface area contributed by atoms with Gasteiger partial charge in [0.2, 0.25) is 0 Å². The summed E-state index contributed by atoms with van der Waals surface area (Å²) in [6.45, 7) is 5.35. The van der Waals surface area contributed by atoms with E-state index in [4.69, 9.17) is 28.4 Å². The number of para-hydroxylation sites is 1. The van der Waals surface area contributed by atoms with Gasteiger partial charge in [0.1, 0.15) is 29.1 Å². The van der Waals surface area contributed by atoms with Crippen LogP contribution >= 0.6 is 0 Å². The standard InChI is InChI=1S/C34H43N3O7/c1-39-18-5-17-37-30-21-28(13-14-32(30)43-24-33(37)38)44-34(29-22-35-15-16-36-29)25-9-11-27(12-10-25)42-20-6-19-41-23-26-7-3-4-8-31(26)40-2/h3-4,7-14,21,29,34-36H,5-6,15-20,22-24H2,1-2H3. The molecule has 2 unspecified atom stereocenters. The highest BCUT2D eigenvalue weighted by Crippen LogP contribution is 2.37. The third-order valence-electron chi connectivity index (χ3n) is 7.67. The number of methoxy groups -OCH3 is 2. The number of anilines is 1. The lowest BCUT2D eigenvalue weighted by molar-refractivity contribution is -0.121. The maximum absolute atomic E-state index is 12.7. The summed E-state index contributed by atoms with van der Waals surface area (Å²) >= 11 is 0. The van der Waals surface area contributed by atoms with Gasteiger partial charge in [-0.15, -0.1) is 0 Å². The molecule has 2 atom stereocenters. The van der Waals surface area contributed by atoms with Gasteiger partial charge in [0, 0.05) is 57.9 Å². The number of hydrogen-bond acceptors (Lipinski definition) is 9. The van der Waals surface area contributed by atoms with Crippen molar-refractivity contribution in [1.82, 2.24) is 10.6 Å². The molecule has 236 valence electrons. The number of ether oxygens (including phenoxy) is 6. The molecule has 44 heavy (non-hydrogen) atoms. The van der Waals surface area contributed by atoms with Crippen LogP contribution in [-0.2, 0) is 20.9 Å². The molecule has 10 heteroatoms. The van der Waals surface area contributed by atoms with Crippen molar-refractivity contribution in [3.63, 3.8) is 0 Å². The van der Waals surface area contributed by atoms with Crippen molar-refractivity contribution in [1.29, 1.82) is 0 Å². The predicted octanol–water partition coefficient (Wildman–Crippen LogP) is 4.12. The summed E-state index contributed by atoms with van der Waals surface area (Å²) in [6.07, 6.45) is 1.24. The Morgan fingerprint density at radius 2 is 1.80 bits per heavy atom. The smallest absolute Gasteiger partial charge is 0.265 e. The lowest BCUT2D eigenvalue weighted by atomic mass is 10.0. The average molecular weight is 606 g/mol. The van der Waals surface area contributed by atoms with Crippen LogP contribution in [0.15, 0.2) is 66.7 Å². The zero-order chi connectivity index (χ0) is 30.6. The van der Waals surface area contributed by atoms with Crippen molar-refractivity contribution < 1.29 is 33.2 Å². The second kappa shape index (κ2) is 16.3. The number of hydrogen-bond donors (Lipinski definition) is 2. The number of amides is 1. The number of carbonyl (C=O) groups excluding carboxylic acids is 1. The van der Waals surface area contributed by atoms with E-state index in [0.717, 1.165) is 60.8 Å². The van der Waals surface area contributed by atoms with Crippen LogP contribution in [0.1, 0.15) is 30.1 Å². The van der Waals surface area contributed by atoms with Crippen LogP contribution in [0.4, 0.5) is 5.69 Å². The van der Waals surface area contributed by atoms with Crippen LogP contribution in [0.2, 0.25) is 0 Å². The summed E-state index contributed by atoms with van der Waals surface area (Å²) in [5, 5.41) is 7.06. The predicted molar refractivity (Wildman–Crippen MR) is 168 cm³/mol. The SMILES string of the molecule is COCCCN1C(=O)COc2ccc(OC(c3ccc(OCCCOCc4ccccc4OC)cc3)C3CNCCN3)cc21. The van der Waals surface area contributed by atoms with Crippen LogP contribution in [0.3, 0.4) is 0 Å². The van der Waals surface area contributed by atoms with E-state index in [1.807, 2.05) is 54.6 Å². The molecule has 1 fully saturated rings. The van der Waals surface area contributed by atoms with Crippen LogP contribution in [-0.4, -0.2) is 78.8 Å². The van der Waals surface area contributed by atoms with Crippen molar-refractivity contribution in [2.75, 3.05) is 71.7 Å². The third kappa shape index (κ3) is 8.41. The maximum atomic E-state index is 12.7. The van der Waals surface area contributed by atoms with Crippen molar-refractivity contribution in [3.8, 4) is 23.0 Å². The lowest BCUT2D eigenvalue weighted by Crippen LogP contribution is -2.52. The minimum atomic E-state index is -0.263. The fourth-order valence-electron chi connectivity index (χ4n) is 5.40. The van der Waals surface area contributed by atoms with Gasteiger partial charge in [-0.25, -0.2) is 0 Å². The van der Waals surface area contributed by atoms with E-state index >= 15 is 0 Å². The van der Waals surface area contributed by atoms with E-state index in [-0.39, 0.29) is 24.7 Å². The lowest BCUT2D eigenvalue weighted by Gasteiger charge is -2.33. The van der Waals surface area contributed by atoms with Crippen molar-refractivity contribution in [3.05, 3.63) is 77.9 Å². The summed E-state index contributed by atoms with van der Waals surface area (Å²) < 4.78 is 34.7. The molecule has 3 aromatic rings. The normalized spacial score (nSPS) is 17.0. The van der Waals surface area contributed by atoms with E-state index in [1.165, 1.54) is 0 Å². The van der Waals surface area contributed by atoms with Gasteiger partial charge >= 0.3 is 0 Å². The Labute approximate surface area is 259 Å². The van der Waals surface area contributed by atoms with E-state index in [2.05, 4.69) is 22.8 Å². The van der Waals surface area contributed by atoms with E-state index in [1.54, 1.807) is 19.1 Å². The molecule has 3 aromatic carbocycles. The number of benzene rings is 3. The highest BCUT2D eigenvalue weighted by atomic mass is 16.5. The molecule has 10 nitrogen and oxygen atoms in total. The van der Waals surface area contributed by atoms with E-state index in [9.17, 15) is 4.79 Å². The molecule has 0 bridgehead atoms. The zero-order valence-corrected chi connectivity index (χ0v) is 25.6. The second-order valence-corrected chi connectivity index (χ2v) is 10.7. The Hall–Kier alpha value is -3.83. The van der Waals surface area contributed by atoms with Gasteiger partial charge < -0.3 is 44.0 Å². The largest absolute Gasteiger partial charge is 0.496 e. The minimum Gasteiger partial charge on any atom is -0.496 e. The molecule has 2 heterocycles. The summed E-state index contributed by atoms with van der Waals surface area (Å²) in [6, 6.07) is 21.7. The molecule has 0 aromatic heterocycles. The van der Waals surface area contributed by atoms with Crippen LogP contribution in [0, 0.1) is 0 Å². The Kier molecular flexibility index (Phi) is 11.7. The monoisotopic (exact) mass is 605 g/mol. The van der Waals surface area contributed by atoms with Crippen molar-refractivity contribution in [2.24, 2.45) is 0 Å². The van der Waals surface area contributed by atoms with Crippen molar-refractivity contribution in [2.45, 2.75) is 31.6 Å². The first-order valence-corrected chi connectivity index (χ1v) is 15.3. The summed E-state index contributed by atoms with van der Waals surface area (Å²) in [4.78, 5) is 14.4. The highest BCUT2D eigenvalue weighted by molar-refractivity contribution is 5.98. The van der Waals surface area contributed by atoms with E-state index < -0.39 is 0 Å². The molecule has 1 saturated heterocycles. The second-order valence-electron chi connectivity index (χ2n) is 10.7.